The number of methoxy groups -OCH3 is 1. The van der Waals surface area contributed by atoms with Crippen LogP contribution in [0.4, 0.5) is 5.95 Å². The van der Waals surface area contributed by atoms with Gasteiger partial charge >= 0.3 is 0 Å². The van der Waals surface area contributed by atoms with Crippen LogP contribution in [0.15, 0.2) is 41.5 Å². The maximum Gasteiger partial charge on any atom is 0.272 e. The third kappa shape index (κ3) is 3.85. The average molecular weight is 340 g/mol. The first-order valence-corrected chi connectivity index (χ1v) is 7.80. The number of rotatable bonds is 6. The third-order valence-corrected chi connectivity index (χ3v) is 3.43. The van der Waals surface area contributed by atoms with Gasteiger partial charge in [0.05, 0.1) is 19.1 Å². The zero-order valence-electron chi connectivity index (χ0n) is 14.6. The molecule has 0 bridgehead atoms. The Labute approximate surface area is 145 Å². The summed E-state index contributed by atoms with van der Waals surface area (Å²) in [4.78, 5) is 14.6. The molecule has 0 saturated heterocycles. The molecular formula is C17H20N6O2. The molecule has 130 valence electrons. The van der Waals surface area contributed by atoms with Crippen molar-refractivity contribution in [1.29, 1.82) is 0 Å². The molecule has 2 aromatic heterocycles. The van der Waals surface area contributed by atoms with E-state index in [0.717, 1.165) is 11.4 Å². The van der Waals surface area contributed by atoms with Crippen molar-refractivity contribution >= 4 is 18.1 Å². The Hall–Kier alpha value is -3.16. The monoisotopic (exact) mass is 340 g/mol. The van der Waals surface area contributed by atoms with Crippen LogP contribution in [0.2, 0.25) is 0 Å². The van der Waals surface area contributed by atoms with Gasteiger partial charge in [0.2, 0.25) is 0 Å². The molecule has 0 radical (unpaired) electrons. The molecule has 0 saturated carbocycles. The molecule has 2 heterocycles. The number of aliphatic imine (C=N–C) groups is 1. The summed E-state index contributed by atoms with van der Waals surface area (Å²) in [6.45, 7) is 1.94. The van der Waals surface area contributed by atoms with E-state index in [0.29, 0.717) is 17.5 Å². The molecule has 0 aliphatic carbocycles. The SMILES string of the molecule is COc1cccc(OC(C)c2ccnc3nc(/N=C/N(C)C)nn23)c1. The summed E-state index contributed by atoms with van der Waals surface area (Å²) >= 11 is 0. The van der Waals surface area contributed by atoms with Gasteiger partial charge in [0, 0.05) is 26.4 Å². The topological polar surface area (TPSA) is 77.1 Å². The molecule has 3 rings (SSSR count). The second-order valence-electron chi connectivity index (χ2n) is 5.64. The van der Waals surface area contributed by atoms with Crippen LogP contribution in [0.3, 0.4) is 0 Å². The molecule has 25 heavy (non-hydrogen) atoms. The van der Waals surface area contributed by atoms with Crippen molar-refractivity contribution < 1.29 is 9.47 Å². The summed E-state index contributed by atoms with van der Waals surface area (Å²) in [5.74, 6) is 2.28. The lowest BCUT2D eigenvalue weighted by atomic mass is 10.2. The van der Waals surface area contributed by atoms with Crippen LogP contribution in [0.25, 0.3) is 5.78 Å². The van der Waals surface area contributed by atoms with E-state index in [1.54, 1.807) is 24.2 Å². The molecule has 0 spiro atoms. The van der Waals surface area contributed by atoms with E-state index in [9.17, 15) is 0 Å². The molecule has 8 heteroatoms. The highest BCUT2D eigenvalue weighted by Crippen LogP contribution is 2.25. The lowest BCUT2D eigenvalue weighted by molar-refractivity contribution is 0.218. The van der Waals surface area contributed by atoms with Crippen molar-refractivity contribution in [3.8, 4) is 11.5 Å². The lowest BCUT2D eigenvalue weighted by Crippen LogP contribution is -2.10. The molecule has 1 atom stereocenters. The van der Waals surface area contributed by atoms with Gasteiger partial charge in [-0.15, -0.1) is 5.10 Å². The first kappa shape index (κ1) is 16.7. The van der Waals surface area contributed by atoms with Gasteiger partial charge in [0.15, 0.2) is 0 Å². The van der Waals surface area contributed by atoms with Gasteiger partial charge in [-0.3, -0.25) is 0 Å². The first-order chi connectivity index (χ1) is 12.1. The Morgan fingerprint density at radius 2 is 2.04 bits per heavy atom. The predicted molar refractivity (Wildman–Crippen MR) is 94.7 cm³/mol. The molecule has 3 aromatic rings. The van der Waals surface area contributed by atoms with Gasteiger partial charge in [-0.05, 0) is 25.1 Å². The first-order valence-electron chi connectivity index (χ1n) is 7.80. The molecule has 1 unspecified atom stereocenters. The number of hydrogen-bond donors (Lipinski definition) is 0. The van der Waals surface area contributed by atoms with Crippen molar-refractivity contribution in [3.05, 3.63) is 42.2 Å². The number of aromatic nitrogens is 4. The van der Waals surface area contributed by atoms with Crippen LogP contribution < -0.4 is 9.47 Å². The highest BCUT2D eigenvalue weighted by Gasteiger charge is 2.15. The van der Waals surface area contributed by atoms with E-state index in [2.05, 4.69) is 20.1 Å². The van der Waals surface area contributed by atoms with Gasteiger partial charge in [0.1, 0.15) is 17.6 Å². The predicted octanol–water partition coefficient (Wildman–Crippen LogP) is 2.49. The van der Waals surface area contributed by atoms with E-state index >= 15 is 0 Å². The zero-order chi connectivity index (χ0) is 17.8. The minimum absolute atomic E-state index is 0.259. The normalized spacial score (nSPS) is 12.5. The highest BCUT2D eigenvalue weighted by atomic mass is 16.5. The average Bonchev–Trinajstić information content (AvgIpc) is 3.03. The molecular weight excluding hydrogens is 320 g/mol. The Morgan fingerprint density at radius 3 is 2.80 bits per heavy atom. The molecule has 0 aliphatic rings. The van der Waals surface area contributed by atoms with Crippen molar-refractivity contribution in [3.63, 3.8) is 0 Å². The van der Waals surface area contributed by atoms with Crippen molar-refractivity contribution in [2.75, 3.05) is 21.2 Å². The molecule has 0 aliphatic heterocycles. The smallest absolute Gasteiger partial charge is 0.272 e. The Morgan fingerprint density at radius 1 is 1.24 bits per heavy atom. The van der Waals surface area contributed by atoms with Gasteiger partial charge in [0.25, 0.3) is 11.7 Å². The molecule has 0 amide bonds. The van der Waals surface area contributed by atoms with Crippen LogP contribution in [-0.4, -0.2) is 52.0 Å². The van der Waals surface area contributed by atoms with E-state index in [-0.39, 0.29) is 6.10 Å². The Bertz CT molecular complexity index is 890. The summed E-state index contributed by atoms with van der Waals surface area (Å²) in [6, 6.07) is 9.32. The fraction of sp³-hybridized carbons (Fsp3) is 0.294. The van der Waals surface area contributed by atoms with Crippen LogP contribution in [0.5, 0.6) is 11.5 Å². The van der Waals surface area contributed by atoms with E-state index in [1.165, 1.54) is 0 Å². The third-order valence-electron chi connectivity index (χ3n) is 3.43. The zero-order valence-corrected chi connectivity index (χ0v) is 14.6. The molecule has 8 nitrogen and oxygen atoms in total. The fourth-order valence-electron chi connectivity index (χ4n) is 2.27. The molecule has 1 aromatic carbocycles. The quantitative estimate of drug-likeness (QED) is 0.507. The second kappa shape index (κ2) is 7.16. The van der Waals surface area contributed by atoms with Gasteiger partial charge in [-0.25, -0.2) is 9.98 Å². The van der Waals surface area contributed by atoms with Crippen LogP contribution in [0.1, 0.15) is 18.7 Å². The van der Waals surface area contributed by atoms with Crippen molar-refractivity contribution in [1.82, 2.24) is 24.5 Å². The number of benzene rings is 1. The van der Waals surface area contributed by atoms with Crippen LogP contribution in [-0.2, 0) is 0 Å². The van der Waals surface area contributed by atoms with Crippen LogP contribution in [0, 0.1) is 0 Å². The van der Waals surface area contributed by atoms with Gasteiger partial charge in [-0.2, -0.15) is 9.50 Å². The molecule has 0 N–H and O–H groups in total. The van der Waals surface area contributed by atoms with E-state index in [4.69, 9.17) is 9.47 Å². The van der Waals surface area contributed by atoms with Gasteiger partial charge < -0.3 is 14.4 Å². The number of nitrogens with zero attached hydrogens (tertiary/aromatic N) is 6. The standard InChI is InChI=1S/C17H20N6O2/c1-12(25-14-7-5-6-13(10-14)24-4)15-8-9-18-17-20-16(21-23(15)17)19-11-22(2)3/h5-12H,1-4H3/b19-11+. The summed E-state index contributed by atoms with van der Waals surface area (Å²) in [5, 5.41) is 4.39. The fourth-order valence-corrected chi connectivity index (χ4v) is 2.27. The summed E-state index contributed by atoms with van der Waals surface area (Å²) in [6.07, 6.45) is 3.07. The van der Waals surface area contributed by atoms with Gasteiger partial charge in [-0.1, -0.05) is 6.07 Å². The summed E-state index contributed by atoms with van der Waals surface area (Å²) < 4.78 is 12.9. The van der Waals surface area contributed by atoms with Crippen LogP contribution >= 0.6 is 0 Å². The highest BCUT2D eigenvalue weighted by molar-refractivity contribution is 5.58. The maximum atomic E-state index is 6.02. The number of hydrogen-bond acceptors (Lipinski definition) is 6. The van der Waals surface area contributed by atoms with Crippen molar-refractivity contribution in [2.45, 2.75) is 13.0 Å². The summed E-state index contributed by atoms with van der Waals surface area (Å²) in [7, 11) is 5.39. The second-order valence-corrected chi connectivity index (χ2v) is 5.64. The summed E-state index contributed by atoms with van der Waals surface area (Å²) in [5.41, 5.74) is 0.826. The minimum atomic E-state index is -0.259. The largest absolute Gasteiger partial charge is 0.497 e. The Kier molecular flexibility index (Phi) is 4.78. The lowest BCUT2D eigenvalue weighted by Gasteiger charge is -2.15. The van der Waals surface area contributed by atoms with E-state index in [1.807, 2.05) is 56.3 Å². The minimum Gasteiger partial charge on any atom is -0.497 e. The molecule has 0 fully saturated rings. The Balaban J connectivity index is 1.89. The van der Waals surface area contributed by atoms with E-state index < -0.39 is 0 Å². The number of ether oxygens (including phenoxy) is 2. The number of fused-ring (bicyclic) bond motifs is 1. The maximum absolute atomic E-state index is 6.02. The van der Waals surface area contributed by atoms with Crippen molar-refractivity contribution in [2.24, 2.45) is 4.99 Å².